The number of aromatic nitrogens is 3. The van der Waals surface area contributed by atoms with E-state index in [1.165, 1.54) is 53.6 Å². The van der Waals surface area contributed by atoms with Crippen LogP contribution in [-0.2, 0) is 5.41 Å². The van der Waals surface area contributed by atoms with Gasteiger partial charge in [-0.3, -0.25) is 0 Å². The molecule has 11 aromatic rings. The molecule has 0 saturated heterocycles. The summed E-state index contributed by atoms with van der Waals surface area (Å²) in [4.78, 5) is 15.7. The number of furan rings is 1. The summed E-state index contributed by atoms with van der Waals surface area (Å²) >= 11 is 1.81. The molecule has 3 heterocycles. The first-order valence-corrected chi connectivity index (χ1v) is 20.8. The van der Waals surface area contributed by atoms with E-state index in [2.05, 4.69) is 172 Å². The van der Waals surface area contributed by atoms with E-state index < -0.39 is 0 Å². The molecule has 0 amide bonds. The average molecular weight is 774 g/mol. The van der Waals surface area contributed by atoms with Crippen LogP contribution in [0.1, 0.15) is 25.0 Å². The van der Waals surface area contributed by atoms with Crippen LogP contribution in [0.4, 0.5) is 0 Å². The number of hydrogen-bond acceptors (Lipinski definition) is 5. The van der Waals surface area contributed by atoms with Crippen molar-refractivity contribution in [2.75, 3.05) is 0 Å². The van der Waals surface area contributed by atoms with Gasteiger partial charge in [0, 0.05) is 53.1 Å². The molecule has 0 radical (unpaired) electrons. The summed E-state index contributed by atoms with van der Waals surface area (Å²) in [5, 5.41) is 4.46. The molecule has 0 saturated carbocycles. The van der Waals surface area contributed by atoms with Crippen molar-refractivity contribution in [1.29, 1.82) is 0 Å². The fourth-order valence-electron chi connectivity index (χ4n) is 9.33. The fourth-order valence-corrected chi connectivity index (χ4v) is 10.4. The van der Waals surface area contributed by atoms with Gasteiger partial charge in [-0.25, -0.2) is 15.0 Å². The van der Waals surface area contributed by atoms with Gasteiger partial charge in [-0.2, -0.15) is 0 Å². The molecule has 8 aromatic carbocycles. The van der Waals surface area contributed by atoms with E-state index in [0.29, 0.717) is 17.5 Å². The Balaban J connectivity index is 1.05. The van der Waals surface area contributed by atoms with Crippen molar-refractivity contribution in [3.05, 3.63) is 187 Å². The van der Waals surface area contributed by atoms with Crippen LogP contribution in [0.15, 0.2) is 180 Å². The van der Waals surface area contributed by atoms with Crippen molar-refractivity contribution in [3.63, 3.8) is 0 Å². The molecule has 0 unspecified atom stereocenters. The standard InChI is InChI=1S/C54H35N3OS/c1-54(2)44-19-8-6-14-38(44)40-17-10-16-37(50(40)54)35-26-28-45-43(30-35)49-41(18-11-20-46(49)58-45)53-56-51(34-24-22-33(23-25-34)32-12-4-3-5-13-32)55-52(57-53)36-27-29-48-42(31-36)39-15-7-9-21-47(39)59-48/h3-31H,1-2H3. The summed E-state index contributed by atoms with van der Waals surface area (Å²) in [6, 6.07) is 62.4. The Hall–Kier alpha value is -7.21. The molecule has 0 fully saturated rings. The molecule has 1 aliphatic carbocycles. The second-order valence-electron chi connectivity index (χ2n) is 15.9. The lowest BCUT2D eigenvalue weighted by Crippen LogP contribution is -2.16. The van der Waals surface area contributed by atoms with Gasteiger partial charge in [-0.15, -0.1) is 11.3 Å². The Kier molecular flexibility index (Phi) is 7.41. The maximum Gasteiger partial charge on any atom is 0.164 e. The van der Waals surface area contributed by atoms with Gasteiger partial charge in [0.15, 0.2) is 17.5 Å². The third-order valence-corrected chi connectivity index (χ3v) is 13.3. The molecule has 0 atom stereocenters. The lowest BCUT2D eigenvalue weighted by molar-refractivity contribution is 0.662. The molecular formula is C54H35N3OS. The number of hydrogen-bond donors (Lipinski definition) is 0. The topological polar surface area (TPSA) is 51.8 Å². The maximum atomic E-state index is 6.58. The zero-order valence-corrected chi connectivity index (χ0v) is 33.2. The molecule has 0 spiro atoms. The van der Waals surface area contributed by atoms with E-state index >= 15 is 0 Å². The minimum atomic E-state index is -0.142. The quantitative estimate of drug-likeness (QED) is 0.175. The summed E-state index contributed by atoms with van der Waals surface area (Å²) in [6.45, 7) is 4.68. The Morgan fingerprint density at radius 3 is 1.90 bits per heavy atom. The van der Waals surface area contributed by atoms with Crippen LogP contribution in [0.3, 0.4) is 0 Å². The van der Waals surface area contributed by atoms with E-state index in [-0.39, 0.29) is 5.41 Å². The average Bonchev–Trinajstić information content (AvgIpc) is 3.93. The predicted molar refractivity (Wildman–Crippen MR) is 245 cm³/mol. The summed E-state index contributed by atoms with van der Waals surface area (Å²) in [5.74, 6) is 1.84. The molecule has 0 N–H and O–H groups in total. The zero-order valence-electron chi connectivity index (χ0n) is 32.4. The Labute approximate surface area is 345 Å². The molecule has 4 nitrogen and oxygen atoms in total. The summed E-state index contributed by atoms with van der Waals surface area (Å²) in [7, 11) is 0. The maximum absolute atomic E-state index is 6.58. The molecule has 1 aliphatic rings. The highest BCUT2D eigenvalue weighted by Crippen LogP contribution is 2.52. The molecular weight excluding hydrogens is 739 g/mol. The number of rotatable bonds is 5. The highest BCUT2D eigenvalue weighted by Gasteiger charge is 2.37. The monoisotopic (exact) mass is 773 g/mol. The first-order chi connectivity index (χ1) is 29.0. The summed E-state index contributed by atoms with van der Waals surface area (Å²) in [6.07, 6.45) is 0. The van der Waals surface area contributed by atoms with E-state index in [4.69, 9.17) is 19.4 Å². The lowest BCUT2D eigenvalue weighted by Gasteiger charge is -2.24. The third kappa shape index (κ3) is 5.32. The van der Waals surface area contributed by atoms with E-state index in [1.54, 1.807) is 0 Å². The molecule has 12 rings (SSSR count). The molecule has 0 aliphatic heterocycles. The second kappa shape index (κ2) is 12.9. The van der Waals surface area contributed by atoms with Gasteiger partial charge in [-0.05, 0) is 87.0 Å². The van der Waals surface area contributed by atoms with Crippen LogP contribution >= 0.6 is 11.3 Å². The van der Waals surface area contributed by atoms with Gasteiger partial charge in [0.1, 0.15) is 11.2 Å². The SMILES string of the molecule is CC1(C)c2ccccc2-c2cccc(-c3ccc4oc5cccc(-c6nc(-c7ccc(-c8ccccc8)cc7)nc(-c7ccc8sc9ccccc9c8c7)n6)c5c4c3)c21. The summed E-state index contributed by atoms with van der Waals surface area (Å²) < 4.78 is 9.09. The normalized spacial score (nSPS) is 13.1. The van der Waals surface area contributed by atoms with Crippen molar-refractivity contribution < 1.29 is 4.42 Å². The van der Waals surface area contributed by atoms with Crippen molar-refractivity contribution in [3.8, 4) is 67.5 Å². The van der Waals surface area contributed by atoms with Crippen LogP contribution in [0.25, 0.3) is 110 Å². The minimum absolute atomic E-state index is 0.142. The van der Waals surface area contributed by atoms with Crippen LogP contribution in [0.5, 0.6) is 0 Å². The Bertz CT molecular complexity index is 3470. The minimum Gasteiger partial charge on any atom is -0.456 e. The van der Waals surface area contributed by atoms with Gasteiger partial charge in [0.25, 0.3) is 0 Å². The van der Waals surface area contributed by atoms with E-state index in [0.717, 1.165) is 49.8 Å². The largest absolute Gasteiger partial charge is 0.456 e. The number of benzene rings is 8. The third-order valence-electron chi connectivity index (χ3n) is 12.1. The zero-order chi connectivity index (χ0) is 39.2. The fraction of sp³-hybridized carbons (Fsp3) is 0.0556. The Morgan fingerprint density at radius 2 is 1.02 bits per heavy atom. The first kappa shape index (κ1) is 33.9. The smallest absolute Gasteiger partial charge is 0.164 e. The van der Waals surface area contributed by atoms with E-state index in [1.807, 2.05) is 29.5 Å². The molecule has 278 valence electrons. The van der Waals surface area contributed by atoms with Crippen molar-refractivity contribution in [1.82, 2.24) is 15.0 Å². The van der Waals surface area contributed by atoms with E-state index in [9.17, 15) is 0 Å². The highest BCUT2D eigenvalue weighted by atomic mass is 32.1. The van der Waals surface area contributed by atoms with Gasteiger partial charge >= 0.3 is 0 Å². The van der Waals surface area contributed by atoms with Crippen LogP contribution < -0.4 is 0 Å². The van der Waals surface area contributed by atoms with Gasteiger partial charge in [0.2, 0.25) is 0 Å². The van der Waals surface area contributed by atoms with Crippen LogP contribution in [-0.4, -0.2) is 15.0 Å². The van der Waals surface area contributed by atoms with Crippen molar-refractivity contribution in [2.24, 2.45) is 0 Å². The summed E-state index contributed by atoms with van der Waals surface area (Å²) in [5.41, 5.74) is 14.3. The highest BCUT2D eigenvalue weighted by molar-refractivity contribution is 7.25. The predicted octanol–water partition coefficient (Wildman–Crippen LogP) is 14.8. The molecule has 3 aromatic heterocycles. The van der Waals surface area contributed by atoms with Crippen molar-refractivity contribution in [2.45, 2.75) is 19.3 Å². The van der Waals surface area contributed by atoms with Crippen molar-refractivity contribution >= 4 is 53.4 Å². The Morgan fingerprint density at radius 1 is 0.407 bits per heavy atom. The number of thiophene rings is 1. The van der Waals surface area contributed by atoms with Gasteiger partial charge in [0.05, 0.1) is 0 Å². The second-order valence-corrected chi connectivity index (χ2v) is 17.0. The molecule has 59 heavy (non-hydrogen) atoms. The first-order valence-electron chi connectivity index (χ1n) is 20.0. The molecule has 5 heteroatoms. The van der Waals surface area contributed by atoms with Gasteiger partial charge in [-0.1, -0.05) is 147 Å². The number of fused-ring (bicyclic) bond motifs is 9. The van der Waals surface area contributed by atoms with Crippen LogP contribution in [0, 0.1) is 0 Å². The van der Waals surface area contributed by atoms with Gasteiger partial charge < -0.3 is 4.42 Å². The number of nitrogens with zero attached hydrogens (tertiary/aromatic N) is 3. The lowest BCUT2D eigenvalue weighted by atomic mass is 9.79. The van der Waals surface area contributed by atoms with Crippen LogP contribution in [0.2, 0.25) is 0 Å². The molecule has 0 bridgehead atoms.